The van der Waals surface area contributed by atoms with E-state index in [0.29, 0.717) is 0 Å². The van der Waals surface area contributed by atoms with Crippen molar-refractivity contribution < 1.29 is 0 Å². The van der Waals surface area contributed by atoms with E-state index in [1.54, 1.807) is 0 Å². The molecule has 4 rings (SSSR count). The standard InChI is InChI=1S/C17H12N2/c1-2-6-13(7-3-1)17-18-14-10-4-8-12-9-5-11-15(19-17)16(12)14/h1-11H,(H,18,19). The van der Waals surface area contributed by atoms with Gasteiger partial charge in [-0.05, 0) is 17.5 Å². The molecule has 90 valence electrons. The monoisotopic (exact) mass is 244 g/mol. The van der Waals surface area contributed by atoms with Crippen LogP contribution in [0.25, 0.3) is 10.8 Å². The fourth-order valence-corrected chi connectivity index (χ4v) is 2.53. The van der Waals surface area contributed by atoms with Crippen molar-refractivity contribution in [2.45, 2.75) is 0 Å². The van der Waals surface area contributed by atoms with E-state index in [1.165, 1.54) is 10.8 Å². The second-order valence-corrected chi connectivity index (χ2v) is 4.63. The molecular formula is C17H12N2. The first-order chi connectivity index (χ1) is 9.42. The lowest BCUT2D eigenvalue weighted by Crippen LogP contribution is -2.15. The Balaban J connectivity index is 1.96. The van der Waals surface area contributed by atoms with E-state index in [9.17, 15) is 0 Å². The third-order valence-corrected chi connectivity index (χ3v) is 3.42. The highest BCUT2D eigenvalue weighted by molar-refractivity contribution is 6.18. The number of hydrogen-bond donors (Lipinski definition) is 1. The molecule has 2 nitrogen and oxygen atoms in total. The zero-order valence-corrected chi connectivity index (χ0v) is 10.3. The molecule has 1 aliphatic heterocycles. The van der Waals surface area contributed by atoms with Crippen LogP contribution < -0.4 is 5.32 Å². The molecule has 2 heteroatoms. The highest BCUT2D eigenvalue weighted by atomic mass is 15.0. The highest BCUT2D eigenvalue weighted by Gasteiger charge is 2.14. The van der Waals surface area contributed by atoms with Crippen LogP contribution in [0.4, 0.5) is 11.4 Å². The van der Waals surface area contributed by atoms with Crippen molar-refractivity contribution in [1.29, 1.82) is 0 Å². The van der Waals surface area contributed by atoms with Crippen molar-refractivity contribution >= 4 is 28.0 Å². The minimum Gasteiger partial charge on any atom is -0.339 e. The number of benzene rings is 3. The summed E-state index contributed by atoms with van der Waals surface area (Å²) in [6.45, 7) is 0. The van der Waals surface area contributed by atoms with E-state index in [-0.39, 0.29) is 0 Å². The van der Waals surface area contributed by atoms with Crippen molar-refractivity contribution in [2.75, 3.05) is 5.32 Å². The molecule has 0 amide bonds. The summed E-state index contributed by atoms with van der Waals surface area (Å²) in [5, 5.41) is 5.85. The first-order valence-electron chi connectivity index (χ1n) is 6.35. The van der Waals surface area contributed by atoms with Gasteiger partial charge in [-0.25, -0.2) is 4.99 Å². The first-order valence-corrected chi connectivity index (χ1v) is 6.35. The lowest BCUT2D eigenvalue weighted by atomic mass is 10.0. The summed E-state index contributed by atoms with van der Waals surface area (Å²) < 4.78 is 0. The van der Waals surface area contributed by atoms with Gasteiger partial charge in [0, 0.05) is 16.6 Å². The Kier molecular flexibility index (Phi) is 2.15. The van der Waals surface area contributed by atoms with Gasteiger partial charge >= 0.3 is 0 Å². The molecule has 0 radical (unpaired) electrons. The van der Waals surface area contributed by atoms with Gasteiger partial charge in [0.25, 0.3) is 0 Å². The minimum atomic E-state index is 0.909. The van der Waals surface area contributed by atoms with Gasteiger partial charge in [0.1, 0.15) is 5.84 Å². The van der Waals surface area contributed by atoms with Crippen molar-refractivity contribution in [2.24, 2.45) is 4.99 Å². The molecule has 0 aliphatic carbocycles. The van der Waals surface area contributed by atoms with E-state index < -0.39 is 0 Å². The minimum absolute atomic E-state index is 0.909. The second-order valence-electron chi connectivity index (χ2n) is 4.63. The third kappa shape index (κ3) is 1.61. The van der Waals surface area contributed by atoms with E-state index in [4.69, 9.17) is 4.99 Å². The summed E-state index contributed by atoms with van der Waals surface area (Å²) in [6, 6.07) is 22.7. The molecule has 1 aliphatic rings. The van der Waals surface area contributed by atoms with Crippen molar-refractivity contribution in [1.82, 2.24) is 0 Å². The molecule has 0 atom stereocenters. The molecule has 0 fully saturated rings. The Morgan fingerprint density at radius 3 is 2.37 bits per heavy atom. The van der Waals surface area contributed by atoms with Gasteiger partial charge in [-0.2, -0.15) is 0 Å². The topological polar surface area (TPSA) is 24.4 Å². The van der Waals surface area contributed by atoms with Gasteiger partial charge < -0.3 is 5.32 Å². The summed E-state index contributed by atoms with van der Waals surface area (Å²) >= 11 is 0. The van der Waals surface area contributed by atoms with Crippen LogP contribution in [0.3, 0.4) is 0 Å². The van der Waals surface area contributed by atoms with Crippen LogP contribution in [0.2, 0.25) is 0 Å². The van der Waals surface area contributed by atoms with Gasteiger partial charge in [-0.3, -0.25) is 0 Å². The van der Waals surface area contributed by atoms with Gasteiger partial charge in [-0.15, -0.1) is 0 Å². The average Bonchev–Trinajstić information content (AvgIpc) is 2.49. The molecule has 0 saturated carbocycles. The quantitative estimate of drug-likeness (QED) is 0.676. The smallest absolute Gasteiger partial charge is 0.138 e. The van der Waals surface area contributed by atoms with Crippen LogP contribution in [-0.4, -0.2) is 5.84 Å². The van der Waals surface area contributed by atoms with Crippen molar-refractivity contribution in [3.8, 4) is 0 Å². The van der Waals surface area contributed by atoms with Crippen molar-refractivity contribution in [3.05, 3.63) is 72.3 Å². The van der Waals surface area contributed by atoms with Crippen LogP contribution in [0.1, 0.15) is 5.56 Å². The Hall–Kier alpha value is -2.61. The van der Waals surface area contributed by atoms with Crippen LogP contribution in [0.15, 0.2) is 71.7 Å². The Morgan fingerprint density at radius 1 is 0.737 bits per heavy atom. The number of anilines is 1. The first kappa shape index (κ1) is 10.3. The van der Waals surface area contributed by atoms with E-state index >= 15 is 0 Å². The predicted molar refractivity (Wildman–Crippen MR) is 80.2 cm³/mol. The Labute approximate surface area is 111 Å². The summed E-state index contributed by atoms with van der Waals surface area (Å²) in [7, 11) is 0. The molecule has 1 heterocycles. The maximum Gasteiger partial charge on any atom is 0.138 e. The number of nitrogens with one attached hydrogen (secondary N) is 1. The normalized spacial score (nSPS) is 12.9. The second kappa shape index (κ2) is 3.95. The molecular weight excluding hydrogens is 232 g/mol. The fraction of sp³-hybridized carbons (Fsp3) is 0. The van der Waals surface area contributed by atoms with Gasteiger partial charge in [0.15, 0.2) is 0 Å². The SMILES string of the molecule is c1ccc(C2=Nc3cccc4cccc(c34)N2)cc1. The maximum atomic E-state index is 4.74. The Morgan fingerprint density at radius 2 is 1.53 bits per heavy atom. The van der Waals surface area contributed by atoms with Gasteiger partial charge in [0.05, 0.1) is 5.69 Å². The van der Waals surface area contributed by atoms with Crippen molar-refractivity contribution in [3.63, 3.8) is 0 Å². The van der Waals surface area contributed by atoms with E-state index in [2.05, 4.69) is 53.8 Å². The number of aliphatic imine (C=N–C) groups is 1. The largest absolute Gasteiger partial charge is 0.339 e. The molecule has 3 aromatic rings. The Bertz CT molecular complexity index is 783. The summed E-state index contributed by atoms with van der Waals surface area (Å²) in [5.41, 5.74) is 3.27. The number of rotatable bonds is 1. The predicted octanol–water partition coefficient (Wildman–Crippen LogP) is 4.34. The molecule has 0 saturated heterocycles. The molecule has 0 aromatic heterocycles. The van der Waals surface area contributed by atoms with Crippen LogP contribution in [0.5, 0.6) is 0 Å². The number of nitrogens with zero attached hydrogens (tertiary/aromatic N) is 1. The summed E-state index contributed by atoms with van der Waals surface area (Å²) in [4.78, 5) is 4.74. The van der Waals surface area contributed by atoms with E-state index in [0.717, 1.165) is 22.8 Å². The molecule has 19 heavy (non-hydrogen) atoms. The molecule has 0 spiro atoms. The molecule has 1 N–H and O–H groups in total. The fourth-order valence-electron chi connectivity index (χ4n) is 2.53. The third-order valence-electron chi connectivity index (χ3n) is 3.42. The van der Waals surface area contributed by atoms with Crippen LogP contribution in [-0.2, 0) is 0 Å². The van der Waals surface area contributed by atoms with Gasteiger partial charge in [0.2, 0.25) is 0 Å². The van der Waals surface area contributed by atoms with E-state index in [1.807, 2.05) is 18.2 Å². The summed E-state index contributed by atoms with van der Waals surface area (Å²) in [6.07, 6.45) is 0. The average molecular weight is 244 g/mol. The molecule has 0 bridgehead atoms. The number of hydrogen-bond acceptors (Lipinski definition) is 2. The highest BCUT2D eigenvalue weighted by Crippen LogP contribution is 2.36. The van der Waals surface area contributed by atoms with Gasteiger partial charge in [-0.1, -0.05) is 54.6 Å². The summed E-state index contributed by atoms with van der Waals surface area (Å²) in [5.74, 6) is 0.909. The van der Waals surface area contributed by atoms with Crippen LogP contribution in [0, 0.1) is 0 Å². The zero-order valence-electron chi connectivity index (χ0n) is 10.3. The maximum absolute atomic E-state index is 4.74. The molecule has 0 unspecified atom stereocenters. The number of amidine groups is 1. The lowest BCUT2D eigenvalue weighted by molar-refractivity contribution is 1.46. The zero-order chi connectivity index (χ0) is 12.7. The molecule has 3 aromatic carbocycles. The lowest BCUT2D eigenvalue weighted by Gasteiger charge is -2.19. The van der Waals surface area contributed by atoms with Crippen LogP contribution >= 0.6 is 0 Å².